The summed E-state index contributed by atoms with van der Waals surface area (Å²) in [6.07, 6.45) is -2.18. The molecule has 0 unspecified atom stereocenters. The van der Waals surface area contributed by atoms with Gasteiger partial charge in [0.2, 0.25) is 0 Å². The van der Waals surface area contributed by atoms with E-state index in [9.17, 15) is 18.3 Å². The summed E-state index contributed by atoms with van der Waals surface area (Å²) in [4.78, 5) is 8.72. The zero-order valence-electron chi connectivity index (χ0n) is 15.0. The highest BCUT2D eigenvalue weighted by molar-refractivity contribution is 5.51. The van der Waals surface area contributed by atoms with E-state index in [2.05, 4.69) is 19.5 Å². The van der Waals surface area contributed by atoms with Gasteiger partial charge < -0.3 is 14.7 Å². The summed E-state index contributed by atoms with van der Waals surface area (Å²) in [6.45, 7) is 1.98. The Labute approximate surface area is 156 Å². The lowest BCUT2D eigenvalue weighted by atomic mass is 10.1. The first-order valence-corrected chi connectivity index (χ1v) is 8.70. The minimum Gasteiger partial charge on any atom is -0.406 e. The molecule has 2 heterocycles. The van der Waals surface area contributed by atoms with E-state index in [1.54, 1.807) is 18.3 Å². The summed E-state index contributed by atoms with van der Waals surface area (Å²) < 4.78 is 40.8. The maximum Gasteiger partial charge on any atom is 0.573 e. The van der Waals surface area contributed by atoms with E-state index in [-0.39, 0.29) is 18.4 Å². The molecule has 3 rings (SSSR count). The van der Waals surface area contributed by atoms with Crippen molar-refractivity contribution in [2.24, 2.45) is 0 Å². The summed E-state index contributed by atoms with van der Waals surface area (Å²) in [5.41, 5.74) is 2.78. The number of ether oxygens (including phenoxy) is 1. The first-order valence-electron chi connectivity index (χ1n) is 8.70. The molecule has 0 amide bonds. The van der Waals surface area contributed by atoms with Gasteiger partial charge in [-0.3, -0.25) is 9.88 Å². The number of anilines is 1. The highest BCUT2D eigenvalue weighted by atomic mass is 19.4. The van der Waals surface area contributed by atoms with Crippen molar-refractivity contribution >= 4 is 5.69 Å². The average Bonchev–Trinajstić information content (AvgIpc) is 2.61. The molecule has 2 aromatic rings. The van der Waals surface area contributed by atoms with Crippen molar-refractivity contribution < 1.29 is 23.0 Å². The minimum absolute atomic E-state index is 0.0155. The predicted octanol–water partition coefficient (Wildman–Crippen LogP) is 3.18. The van der Waals surface area contributed by atoms with Crippen molar-refractivity contribution in [2.75, 3.05) is 25.1 Å². The van der Waals surface area contributed by atoms with Crippen molar-refractivity contribution in [3.63, 3.8) is 0 Å². The van der Waals surface area contributed by atoms with Gasteiger partial charge in [0.1, 0.15) is 5.75 Å². The second-order valence-electron chi connectivity index (χ2n) is 6.61. The number of hydrogen-bond donors (Lipinski definition) is 1. The third-order valence-electron chi connectivity index (χ3n) is 4.72. The van der Waals surface area contributed by atoms with E-state index in [4.69, 9.17) is 0 Å². The van der Waals surface area contributed by atoms with Gasteiger partial charge in [-0.15, -0.1) is 13.2 Å². The van der Waals surface area contributed by atoms with Crippen LogP contribution in [0.3, 0.4) is 0 Å². The van der Waals surface area contributed by atoms with Crippen molar-refractivity contribution in [3.8, 4) is 5.75 Å². The molecule has 1 aliphatic rings. The van der Waals surface area contributed by atoms with Gasteiger partial charge in [0.05, 0.1) is 24.0 Å². The number of alkyl halides is 3. The van der Waals surface area contributed by atoms with Crippen LogP contribution in [-0.4, -0.2) is 47.6 Å². The maximum atomic E-state index is 12.3. The fraction of sp³-hybridized carbons (Fsp3) is 0.421. The van der Waals surface area contributed by atoms with E-state index in [1.165, 1.54) is 12.1 Å². The fourth-order valence-corrected chi connectivity index (χ4v) is 3.29. The molecule has 0 spiro atoms. The predicted molar refractivity (Wildman–Crippen MR) is 95.4 cm³/mol. The van der Waals surface area contributed by atoms with Gasteiger partial charge in [-0.2, -0.15) is 0 Å². The molecule has 0 bridgehead atoms. The van der Waals surface area contributed by atoms with Gasteiger partial charge in [-0.05, 0) is 36.2 Å². The number of halogens is 3. The topological polar surface area (TPSA) is 48.8 Å². The number of aromatic nitrogens is 1. The van der Waals surface area contributed by atoms with Crippen LogP contribution in [0, 0.1) is 0 Å². The Morgan fingerprint density at radius 2 is 1.96 bits per heavy atom. The lowest BCUT2D eigenvalue weighted by molar-refractivity contribution is -0.274. The molecule has 27 heavy (non-hydrogen) atoms. The van der Waals surface area contributed by atoms with Crippen LogP contribution in [-0.2, 0) is 13.1 Å². The smallest absolute Gasteiger partial charge is 0.406 e. The maximum absolute atomic E-state index is 12.3. The van der Waals surface area contributed by atoms with Gasteiger partial charge in [0.25, 0.3) is 0 Å². The van der Waals surface area contributed by atoms with Crippen molar-refractivity contribution in [3.05, 3.63) is 53.9 Å². The zero-order valence-corrected chi connectivity index (χ0v) is 15.0. The molecule has 0 radical (unpaired) electrons. The average molecular weight is 381 g/mol. The number of pyridine rings is 1. The van der Waals surface area contributed by atoms with E-state index < -0.39 is 6.36 Å². The van der Waals surface area contributed by atoms with Gasteiger partial charge >= 0.3 is 6.36 Å². The molecule has 0 saturated heterocycles. The van der Waals surface area contributed by atoms with Crippen LogP contribution in [0.5, 0.6) is 5.75 Å². The Morgan fingerprint density at radius 1 is 1.22 bits per heavy atom. The Balaban J connectivity index is 1.74. The number of aliphatic hydroxyl groups is 1. The van der Waals surface area contributed by atoms with Gasteiger partial charge in [-0.25, -0.2) is 0 Å². The molecule has 0 fully saturated rings. The number of aliphatic hydroxyl groups excluding tert-OH is 1. The third kappa shape index (κ3) is 5.11. The third-order valence-corrected chi connectivity index (χ3v) is 4.72. The summed E-state index contributed by atoms with van der Waals surface area (Å²) in [5, 5.41) is 9.72. The van der Waals surface area contributed by atoms with E-state index in [0.29, 0.717) is 13.1 Å². The molecule has 8 heteroatoms. The molecule has 5 nitrogen and oxygen atoms in total. The Bertz CT molecular complexity index is 753. The molecule has 1 N–H and O–H groups in total. The molecule has 0 aliphatic carbocycles. The second-order valence-corrected chi connectivity index (χ2v) is 6.61. The Morgan fingerprint density at radius 3 is 2.63 bits per heavy atom. The van der Waals surface area contributed by atoms with Gasteiger partial charge in [0.15, 0.2) is 0 Å². The Hall–Kier alpha value is -2.32. The van der Waals surface area contributed by atoms with Crippen molar-refractivity contribution in [1.82, 2.24) is 9.88 Å². The van der Waals surface area contributed by atoms with Crippen LogP contribution in [0.1, 0.15) is 17.7 Å². The van der Waals surface area contributed by atoms with Crippen LogP contribution in [0.4, 0.5) is 18.9 Å². The van der Waals surface area contributed by atoms with Crippen molar-refractivity contribution in [2.45, 2.75) is 31.9 Å². The lowest BCUT2D eigenvalue weighted by Gasteiger charge is -2.35. The highest BCUT2D eigenvalue weighted by Gasteiger charge is 2.31. The van der Waals surface area contributed by atoms with Crippen LogP contribution in [0.15, 0.2) is 42.6 Å². The number of fused-ring (bicyclic) bond motifs is 1. The molecular weight excluding hydrogens is 359 g/mol. The SMILES string of the molecule is CN1c2cccnc2CN(Cc2ccc(OC(F)(F)F)cc2)CC[C@H]1CO. The van der Waals surface area contributed by atoms with Crippen LogP contribution in [0.25, 0.3) is 0 Å². The quantitative estimate of drug-likeness (QED) is 0.882. The molecule has 1 aromatic heterocycles. The van der Waals surface area contributed by atoms with Crippen LogP contribution in [0.2, 0.25) is 0 Å². The minimum atomic E-state index is -4.69. The van der Waals surface area contributed by atoms with Gasteiger partial charge in [0, 0.05) is 32.9 Å². The first-order chi connectivity index (χ1) is 12.9. The zero-order chi connectivity index (χ0) is 19.4. The molecule has 0 saturated carbocycles. The van der Waals surface area contributed by atoms with Crippen LogP contribution >= 0.6 is 0 Å². The summed E-state index contributed by atoms with van der Waals surface area (Å²) in [6, 6.07) is 9.75. The second kappa shape index (κ2) is 8.14. The van der Waals surface area contributed by atoms with E-state index >= 15 is 0 Å². The van der Waals surface area contributed by atoms with Gasteiger partial charge in [-0.1, -0.05) is 12.1 Å². The number of hydrogen-bond acceptors (Lipinski definition) is 5. The van der Waals surface area contributed by atoms with Crippen molar-refractivity contribution in [1.29, 1.82) is 0 Å². The number of nitrogens with zero attached hydrogens (tertiary/aromatic N) is 3. The summed E-state index contributed by atoms with van der Waals surface area (Å²) >= 11 is 0. The normalized spacial score (nSPS) is 18.6. The first kappa shape index (κ1) is 19.4. The van der Waals surface area contributed by atoms with E-state index in [1.807, 2.05) is 19.2 Å². The van der Waals surface area contributed by atoms with Crippen LogP contribution < -0.4 is 9.64 Å². The molecule has 146 valence electrons. The summed E-state index contributed by atoms with van der Waals surface area (Å²) in [5.74, 6) is -0.229. The standard InChI is InChI=1S/C19H22F3N3O2/c1-24-15(13-26)8-10-25(12-17-18(24)3-2-9-23-17)11-14-4-6-16(7-5-14)27-19(20,21)22/h2-7,9,15,26H,8,10-13H2,1H3/t15-/m0/s1. The summed E-state index contributed by atoms with van der Waals surface area (Å²) in [7, 11) is 1.95. The molecule has 1 aromatic carbocycles. The largest absolute Gasteiger partial charge is 0.573 e. The lowest BCUT2D eigenvalue weighted by Crippen LogP contribution is -2.41. The number of likely N-dealkylation sites (N-methyl/N-ethyl adjacent to an activating group) is 1. The highest BCUT2D eigenvalue weighted by Crippen LogP contribution is 2.26. The number of rotatable bonds is 4. The molecular formula is C19H22F3N3O2. The Kier molecular flexibility index (Phi) is 5.86. The fourth-order valence-electron chi connectivity index (χ4n) is 3.29. The van der Waals surface area contributed by atoms with E-state index in [0.717, 1.165) is 29.9 Å². The molecule has 1 atom stereocenters. The monoisotopic (exact) mass is 381 g/mol. The number of benzene rings is 1. The molecule has 1 aliphatic heterocycles.